The fraction of sp³-hybridized carbons (Fsp3) is 0.438. The highest BCUT2D eigenvalue weighted by Crippen LogP contribution is 2.59. The highest BCUT2D eigenvalue weighted by molar-refractivity contribution is 6.21. The van der Waals surface area contributed by atoms with E-state index in [-0.39, 0.29) is 41.6 Å². The second kappa shape index (κ2) is 4.41. The van der Waals surface area contributed by atoms with Crippen LogP contribution in [0.15, 0.2) is 24.3 Å². The number of benzene rings is 1. The molecule has 110 valence electrons. The number of methoxy groups -OCH3 is 1. The van der Waals surface area contributed by atoms with E-state index in [2.05, 4.69) is 0 Å². The summed E-state index contributed by atoms with van der Waals surface area (Å²) in [5.74, 6) is -1.13. The Hall–Kier alpha value is -2.17. The van der Waals surface area contributed by atoms with E-state index in [1.807, 2.05) is 13.8 Å². The van der Waals surface area contributed by atoms with Gasteiger partial charge >= 0.3 is 5.97 Å². The molecule has 0 bridgehead atoms. The summed E-state index contributed by atoms with van der Waals surface area (Å²) in [5.41, 5.74) is 0.633. The molecule has 1 heterocycles. The minimum atomic E-state index is -0.276. The van der Waals surface area contributed by atoms with E-state index < -0.39 is 0 Å². The molecule has 5 nitrogen and oxygen atoms in total. The van der Waals surface area contributed by atoms with Crippen LogP contribution in [-0.4, -0.2) is 36.3 Å². The van der Waals surface area contributed by atoms with Gasteiger partial charge in [0.1, 0.15) is 0 Å². The number of carbonyl (C=O) groups is 3. The minimum absolute atomic E-state index is 0.0489. The lowest BCUT2D eigenvalue weighted by molar-refractivity contribution is -0.143. The number of rotatable bonds is 3. The van der Waals surface area contributed by atoms with Gasteiger partial charge in [0.25, 0.3) is 11.8 Å². The Bertz CT molecular complexity index is 614. The maximum absolute atomic E-state index is 12.3. The van der Waals surface area contributed by atoms with Crippen LogP contribution in [0.2, 0.25) is 0 Å². The van der Waals surface area contributed by atoms with Crippen LogP contribution in [-0.2, 0) is 9.53 Å². The third-order valence-electron chi connectivity index (χ3n) is 4.76. The van der Waals surface area contributed by atoms with Gasteiger partial charge in [-0.15, -0.1) is 0 Å². The largest absolute Gasteiger partial charge is 0.469 e. The number of carbonyl (C=O) groups excluding carboxylic acids is 3. The molecule has 5 heteroatoms. The normalized spacial score (nSPS) is 25.8. The molecule has 0 aromatic heterocycles. The molecule has 0 radical (unpaired) electrons. The maximum Gasteiger partial charge on any atom is 0.309 e. The number of hydrogen-bond acceptors (Lipinski definition) is 4. The highest BCUT2D eigenvalue weighted by Gasteiger charge is 2.63. The van der Waals surface area contributed by atoms with Gasteiger partial charge in [-0.1, -0.05) is 26.0 Å². The van der Waals surface area contributed by atoms with E-state index in [0.29, 0.717) is 11.1 Å². The average molecular weight is 287 g/mol. The van der Waals surface area contributed by atoms with E-state index in [4.69, 9.17) is 4.74 Å². The van der Waals surface area contributed by atoms with Crippen LogP contribution >= 0.6 is 0 Å². The van der Waals surface area contributed by atoms with Gasteiger partial charge < -0.3 is 4.74 Å². The molecule has 2 amide bonds. The van der Waals surface area contributed by atoms with Crippen LogP contribution in [0, 0.1) is 17.3 Å². The lowest BCUT2D eigenvalue weighted by atomic mass is 10.1. The lowest BCUT2D eigenvalue weighted by Crippen LogP contribution is -2.32. The first kappa shape index (κ1) is 13.8. The zero-order chi connectivity index (χ0) is 15.4. The third kappa shape index (κ3) is 1.87. The van der Waals surface area contributed by atoms with Crippen molar-refractivity contribution in [1.82, 2.24) is 4.90 Å². The van der Waals surface area contributed by atoms with Gasteiger partial charge in [0, 0.05) is 6.54 Å². The molecule has 2 atom stereocenters. The van der Waals surface area contributed by atoms with Crippen LogP contribution in [0.4, 0.5) is 0 Å². The number of ether oxygens (including phenoxy) is 1. The summed E-state index contributed by atoms with van der Waals surface area (Å²) in [6.45, 7) is 4.17. The average Bonchev–Trinajstić information content (AvgIpc) is 2.93. The summed E-state index contributed by atoms with van der Waals surface area (Å²) < 4.78 is 4.79. The van der Waals surface area contributed by atoms with E-state index in [1.54, 1.807) is 24.3 Å². The predicted molar refractivity (Wildman–Crippen MR) is 74.6 cm³/mol. The molecule has 3 rings (SSSR count). The van der Waals surface area contributed by atoms with Crippen molar-refractivity contribution in [3.8, 4) is 0 Å². The first-order valence-corrected chi connectivity index (χ1v) is 6.92. The Kier molecular flexibility index (Phi) is 2.90. The number of hydrogen-bond donors (Lipinski definition) is 0. The molecule has 1 aromatic carbocycles. The molecule has 1 aliphatic carbocycles. The molecular weight excluding hydrogens is 270 g/mol. The van der Waals surface area contributed by atoms with E-state index in [0.717, 1.165) is 0 Å². The van der Waals surface area contributed by atoms with E-state index >= 15 is 0 Å². The SMILES string of the molecule is COC(=O)C1C(CN2C(=O)c3ccccc3C2=O)C1(C)C. The van der Waals surface area contributed by atoms with Crippen molar-refractivity contribution in [3.05, 3.63) is 35.4 Å². The van der Waals surface area contributed by atoms with Crippen LogP contribution in [0.5, 0.6) is 0 Å². The first-order valence-electron chi connectivity index (χ1n) is 6.92. The molecule has 0 saturated heterocycles. The van der Waals surface area contributed by atoms with Gasteiger partial charge in [0.05, 0.1) is 24.2 Å². The summed E-state index contributed by atoms with van der Waals surface area (Å²) >= 11 is 0. The van der Waals surface area contributed by atoms with Crippen molar-refractivity contribution >= 4 is 17.8 Å². The number of esters is 1. The first-order chi connectivity index (χ1) is 9.89. The zero-order valence-electron chi connectivity index (χ0n) is 12.3. The van der Waals surface area contributed by atoms with Crippen molar-refractivity contribution < 1.29 is 19.1 Å². The fourth-order valence-corrected chi connectivity index (χ4v) is 3.28. The van der Waals surface area contributed by atoms with Gasteiger partial charge in [0.2, 0.25) is 0 Å². The summed E-state index contributed by atoms with van der Waals surface area (Å²) in [6, 6.07) is 6.80. The topological polar surface area (TPSA) is 63.7 Å². The Labute approximate surface area is 122 Å². The van der Waals surface area contributed by atoms with Crippen molar-refractivity contribution in [2.75, 3.05) is 13.7 Å². The Morgan fingerprint density at radius 2 is 1.71 bits per heavy atom. The standard InChI is InChI=1S/C16H17NO4/c1-16(2)11(12(16)15(20)21-3)8-17-13(18)9-6-4-5-7-10(9)14(17)19/h4-7,11-12H,8H2,1-3H3. The van der Waals surface area contributed by atoms with E-state index in [9.17, 15) is 14.4 Å². The fourth-order valence-electron chi connectivity index (χ4n) is 3.28. The molecule has 0 spiro atoms. The van der Waals surface area contributed by atoms with Crippen molar-refractivity contribution in [3.63, 3.8) is 0 Å². The smallest absolute Gasteiger partial charge is 0.309 e. The Morgan fingerprint density at radius 3 is 2.19 bits per heavy atom. The van der Waals surface area contributed by atoms with Gasteiger partial charge in [-0.2, -0.15) is 0 Å². The second-order valence-corrected chi connectivity index (χ2v) is 6.20. The Morgan fingerprint density at radius 1 is 1.19 bits per heavy atom. The summed E-state index contributed by atoms with van der Waals surface area (Å²) in [6.07, 6.45) is 0. The van der Waals surface area contributed by atoms with Gasteiger partial charge in [-0.3, -0.25) is 19.3 Å². The summed E-state index contributed by atoms with van der Waals surface area (Å²) in [4.78, 5) is 37.6. The molecule has 1 aromatic rings. The number of imide groups is 1. The monoisotopic (exact) mass is 287 g/mol. The van der Waals surface area contributed by atoms with Crippen LogP contribution in [0.1, 0.15) is 34.6 Å². The van der Waals surface area contributed by atoms with Gasteiger partial charge in [0.15, 0.2) is 0 Å². The maximum atomic E-state index is 12.3. The molecule has 1 saturated carbocycles. The summed E-state index contributed by atoms with van der Waals surface area (Å²) in [5, 5.41) is 0. The third-order valence-corrected chi connectivity index (χ3v) is 4.76. The molecule has 2 unspecified atom stereocenters. The molecule has 21 heavy (non-hydrogen) atoms. The quantitative estimate of drug-likeness (QED) is 0.627. The number of amides is 2. The van der Waals surface area contributed by atoms with Gasteiger partial charge in [-0.25, -0.2) is 0 Å². The molecular formula is C16H17NO4. The van der Waals surface area contributed by atoms with Crippen LogP contribution in [0.25, 0.3) is 0 Å². The molecule has 0 N–H and O–H groups in total. The number of nitrogens with zero attached hydrogens (tertiary/aromatic N) is 1. The van der Waals surface area contributed by atoms with Crippen molar-refractivity contribution in [2.24, 2.45) is 17.3 Å². The minimum Gasteiger partial charge on any atom is -0.469 e. The van der Waals surface area contributed by atoms with E-state index in [1.165, 1.54) is 12.0 Å². The Balaban J connectivity index is 1.81. The van der Waals surface area contributed by atoms with Crippen molar-refractivity contribution in [2.45, 2.75) is 13.8 Å². The molecule has 1 fully saturated rings. The van der Waals surface area contributed by atoms with Crippen LogP contribution in [0.3, 0.4) is 0 Å². The highest BCUT2D eigenvalue weighted by atomic mass is 16.5. The second-order valence-electron chi connectivity index (χ2n) is 6.20. The summed E-state index contributed by atoms with van der Waals surface area (Å²) in [7, 11) is 1.36. The predicted octanol–water partition coefficient (Wildman–Crippen LogP) is 1.73. The van der Waals surface area contributed by atoms with Crippen molar-refractivity contribution in [1.29, 1.82) is 0 Å². The lowest BCUT2D eigenvalue weighted by Gasteiger charge is -2.14. The van der Waals surface area contributed by atoms with Crippen LogP contribution < -0.4 is 0 Å². The molecule has 2 aliphatic rings. The van der Waals surface area contributed by atoms with Gasteiger partial charge in [-0.05, 0) is 23.5 Å². The zero-order valence-corrected chi connectivity index (χ0v) is 12.3. The molecule has 1 aliphatic heterocycles. The number of fused-ring (bicyclic) bond motifs is 1.